The molecule has 1 aromatic carbocycles. The first kappa shape index (κ1) is 16.7. The van der Waals surface area contributed by atoms with Gasteiger partial charge in [-0.3, -0.25) is 0 Å². The van der Waals surface area contributed by atoms with Crippen LogP contribution in [-0.4, -0.2) is 44.1 Å². The maximum Gasteiger partial charge on any atom is 0.135 e. The molecule has 0 saturated heterocycles. The van der Waals surface area contributed by atoms with E-state index >= 15 is 0 Å². The molecule has 20 heavy (non-hydrogen) atoms. The van der Waals surface area contributed by atoms with Crippen molar-refractivity contribution in [1.82, 2.24) is 4.90 Å². The maximum atomic E-state index is 5.83. The van der Waals surface area contributed by atoms with Gasteiger partial charge in [-0.05, 0) is 31.3 Å². The molecule has 4 heteroatoms. The monoisotopic (exact) mass is 295 g/mol. The lowest BCUT2D eigenvalue weighted by molar-refractivity contribution is 0.222. The highest BCUT2D eigenvalue weighted by molar-refractivity contribution is 6.19. The van der Waals surface area contributed by atoms with Crippen molar-refractivity contribution < 1.29 is 9.47 Å². The third kappa shape index (κ3) is 5.32. The lowest BCUT2D eigenvalue weighted by atomic mass is 10.2. The Morgan fingerprint density at radius 2 is 2.00 bits per heavy atom. The second-order valence-corrected chi connectivity index (χ2v) is 4.44. The van der Waals surface area contributed by atoms with Crippen LogP contribution in [0, 0.1) is 11.8 Å². The van der Waals surface area contributed by atoms with Gasteiger partial charge in [-0.2, -0.15) is 0 Å². The molecule has 0 radical (unpaired) electrons. The van der Waals surface area contributed by atoms with Crippen molar-refractivity contribution in [1.29, 1.82) is 0 Å². The number of alkyl halides is 1. The van der Waals surface area contributed by atoms with Gasteiger partial charge in [0.15, 0.2) is 0 Å². The van der Waals surface area contributed by atoms with Gasteiger partial charge >= 0.3 is 0 Å². The van der Waals surface area contributed by atoms with Crippen LogP contribution in [0.15, 0.2) is 18.2 Å². The van der Waals surface area contributed by atoms with E-state index in [1.807, 2.05) is 18.2 Å². The number of methoxy groups -OCH3 is 1. The minimum absolute atomic E-state index is 0.302. The van der Waals surface area contributed by atoms with Crippen molar-refractivity contribution in [3.05, 3.63) is 23.8 Å². The molecular formula is C16H22ClNO2. The largest absolute Gasteiger partial charge is 0.497 e. The Bertz CT molecular complexity index is 461. The van der Waals surface area contributed by atoms with Crippen molar-refractivity contribution in [2.45, 2.75) is 13.8 Å². The molecule has 0 N–H and O–H groups in total. The molecule has 110 valence electrons. The van der Waals surface area contributed by atoms with Gasteiger partial charge in [-0.25, -0.2) is 0 Å². The first-order valence-electron chi connectivity index (χ1n) is 6.83. The Hall–Kier alpha value is -1.37. The minimum atomic E-state index is 0.302. The van der Waals surface area contributed by atoms with E-state index < -0.39 is 0 Å². The smallest absolute Gasteiger partial charge is 0.135 e. The Balaban J connectivity index is 2.73. The predicted molar refractivity (Wildman–Crippen MR) is 83.9 cm³/mol. The number of ether oxygens (including phenoxy) is 2. The lowest BCUT2D eigenvalue weighted by Gasteiger charge is -2.18. The summed E-state index contributed by atoms with van der Waals surface area (Å²) in [5.41, 5.74) is 0.810. The van der Waals surface area contributed by atoms with Gasteiger partial charge in [0.1, 0.15) is 18.1 Å². The fourth-order valence-electron chi connectivity index (χ4n) is 1.81. The molecule has 3 nitrogen and oxygen atoms in total. The van der Waals surface area contributed by atoms with E-state index in [-0.39, 0.29) is 0 Å². The van der Waals surface area contributed by atoms with Gasteiger partial charge in [-0.1, -0.05) is 25.7 Å². The van der Waals surface area contributed by atoms with Crippen LogP contribution in [0.3, 0.4) is 0 Å². The quantitative estimate of drug-likeness (QED) is 0.570. The molecule has 1 rings (SSSR count). The second kappa shape index (κ2) is 9.52. The van der Waals surface area contributed by atoms with Crippen LogP contribution < -0.4 is 9.47 Å². The molecule has 1 aromatic rings. The van der Waals surface area contributed by atoms with E-state index in [1.54, 1.807) is 7.11 Å². The average molecular weight is 296 g/mol. The summed E-state index contributed by atoms with van der Waals surface area (Å²) in [5.74, 6) is 7.69. The molecular weight excluding hydrogens is 274 g/mol. The van der Waals surface area contributed by atoms with Crippen LogP contribution in [0.5, 0.6) is 11.5 Å². The summed E-state index contributed by atoms with van der Waals surface area (Å²) in [6.07, 6.45) is 0. The van der Waals surface area contributed by atoms with E-state index in [4.69, 9.17) is 21.1 Å². The van der Waals surface area contributed by atoms with Crippen LogP contribution >= 0.6 is 11.6 Å². The number of benzene rings is 1. The number of nitrogens with zero attached hydrogens (tertiary/aromatic N) is 1. The van der Waals surface area contributed by atoms with E-state index in [2.05, 4.69) is 30.6 Å². The molecule has 0 bridgehead atoms. The molecule has 0 fully saturated rings. The van der Waals surface area contributed by atoms with Gasteiger partial charge in [-0.15, -0.1) is 11.6 Å². The average Bonchev–Trinajstić information content (AvgIpc) is 2.50. The number of hydrogen-bond acceptors (Lipinski definition) is 3. The number of hydrogen-bond donors (Lipinski definition) is 0. The summed E-state index contributed by atoms with van der Waals surface area (Å²) >= 11 is 5.61. The van der Waals surface area contributed by atoms with Crippen molar-refractivity contribution in [2.75, 3.05) is 39.2 Å². The molecule has 0 atom stereocenters. The minimum Gasteiger partial charge on any atom is -0.497 e. The topological polar surface area (TPSA) is 21.7 Å². The maximum absolute atomic E-state index is 5.83. The molecule has 0 unspecified atom stereocenters. The Morgan fingerprint density at radius 3 is 2.60 bits per heavy atom. The zero-order valence-electron chi connectivity index (χ0n) is 12.4. The first-order valence-corrected chi connectivity index (χ1v) is 7.36. The predicted octanol–water partition coefficient (Wildman–Crippen LogP) is 3.01. The molecule has 0 aliphatic heterocycles. The highest BCUT2D eigenvalue weighted by atomic mass is 35.5. The molecule has 0 spiro atoms. The zero-order valence-corrected chi connectivity index (χ0v) is 13.2. The van der Waals surface area contributed by atoms with Crippen molar-refractivity contribution in [2.24, 2.45) is 0 Å². The summed E-state index contributed by atoms with van der Waals surface area (Å²) in [6, 6.07) is 5.63. The summed E-state index contributed by atoms with van der Waals surface area (Å²) in [5, 5.41) is 0. The van der Waals surface area contributed by atoms with E-state index in [0.717, 1.165) is 36.7 Å². The van der Waals surface area contributed by atoms with Gasteiger partial charge in [0.05, 0.1) is 18.6 Å². The highest BCUT2D eigenvalue weighted by Crippen LogP contribution is 2.23. The highest BCUT2D eigenvalue weighted by Gasteiger charge is 2.05. The zero-order chi connectivity index (χ0) is 14.8. The van der Waals surface area contributed by atoms with Crippen molar-refractivity contribution >= 4 is 11.6 Å². The molecule has 0 saturated carbocycles. The van der Waals surface area contributed by atoms with Crippen LogP contribution in [0.2, 0.25) is 0 Å². The fourth-order valence-corrected chi connectivity index (χ4v) is 1.88. The summed E-state index contributed by atoms with van der Waals surface area (Å²) in [4.78, 5) is 2.31. The fraction of sp³-hybridized carbons (Fsp3) is 0.500. The van der Waals surface area contributed by atoms with Crippen LogP contribution in [0.4, 0.5) is 0 Å². The van der Waals surface area contributed by atoms with E-state index in [0.29, 0.717) is 12.5 Å². The Kier molecular flexibility index (Phi) is 7.94. The Morgan fingerprint density at radius 1 is 1.25 bits per heavy atom. The van der Waals surface area contributed by atoms with Crippen LogP contribution in [0.25, 0.3) is 0 Å². The van der Waals surface area contributed by atoms with Crippen LogP contribution in [0.1, 0.15) is 19.4 Å². The van der Waals surface area contributed by atoms with Gasteiger partial charge in [0.2, 0.25) is 0 Å². The lowest BCUT2D eigenvalue weighted by Crippen LogP contribution is -2.28. The van der Waals surface area contributed by atoms with Gasteiger partial charge < -0.3 is 14.4 Å². The second-order valence-electron chi connectivity index (χ2n) is 4.17. The number of rotatable bonds is 7. The molecule has 0 amide bonds. The summed E-state index contributed by atoms with van der Waals surface area (Å²) in [7, 11) is 1.63. The van der Waals surface area contributed by atoms with E-state index in [9.17, 15) is 0 Å². The first-order chi connectivity index (χ1) is 9.74. The van der Waals surface area contributed by atoms with Gasteiger partial charge in [0, 0.05) is 6.54 Å². The Labute approximate surface area is 126 Å². The molecule has 0 aromatic heterocycles. The third-order valence-electron chi connectivity index (χ3n) is 3.04. The molecule has 0 aliphatic rings. The third-order valence-corrected chi connectivity index (χ3v) is 3.17. The van der Waals surface area contributed by atoms with Crippen molar-refractivity contribution in [3.8, 4) is 23.3 Å². The van der Waals surface area contributed by atoms with Crippen LogP contribution in [-0.2, 0) is 0 Å². The van der Waals surface area contributed by atoms with Crippen molar-refractivity contribution in [3.63, 3.8) is 0 Å². The standard InChI is InChI=1S/C16H22ClNO2/c1-4-18(5-2)11-12-20-16-9-8-15(19-3)13-14(16)7-6-10-17/h8-9,13H,4-5,10-12H2,1-3H3. The number of likely N-dealkylation sites (N-methyl/N-ethyl adjacent to an activating group) is 1. The molecule has 0 heterocycles. The summed E-state index contributed by atoms with van der Waals surface area (Å²) < 4.78 is 11.0. The normalized spacial score (nSPS) is 10.1. The summed E-state index contributed by atoms with van der Waals surface area (Å²) in [6.45, 7) is 7.90. The molecule has 0 aliphatic carbocycles. The SMILES string of the molecule is CCN(CC)CCOc1ccc(OC)cc1C#CCCl. The van der Waals surface area contributed by atoms with Gasteiger partial charge in [0.25, 0.3) is 0 Å². The number of halogens is 1. The van der Waals surface area contributed by atoms with E-state index in [1.165, 1.54) is 0 Å².